The number of carbonyl (C=O) groups is 2. The minimum Gasteiger partial charge on any atom is -0.481 e. The van der Waals surface area contributed by atoms with Crippen LogP contribution in [0.25, 0.3) is 0 Å². The molecule has 0 amide bonds. The molecule has 0 bridgehead atoms. The second-order valence-electron chi connectivity index (χ2n) is 4.52. The zero-order valence-corrected chi connectivity index (χ0v) is 9.98. The number of ketones is 1. The van der Waals surface area contributed by atoms with Gasteiger partial charge in [-0.3, -0.25) is 9.59 Å². The predicted molar refractivity (Wildman–Crippen MR) is 62.1 cm³/mol. The Labute approximate surface area is 96.5 Å². The lowest BCUT2D eigenvalue weighted by Crippen LogP contribution is -2.25. The summed E-state index contributed by atoms with van der Waals surface area (Å²) < 4.78 is 0. The van der Waals surface area contributed by atoms with E-state index in [1.54, 1.807) is 6.92 Å². The lowest BCUT2D eigenvalue weighted by Gasteiger charge is -2.20. The van der Waals surface area contributed by atoms with Gasteiger partial charge in [0, 0.05) is 12.3 Å². The number of hydrogen-bond donors (Lipinski definition) is 1. The lowest BCUT2D eigenvalue weighted by molar-refractivity contribution is -0.143. The quantitative estimate of drug-likeness (QED) is 0.730. The summed E-state index contributed by atoms with van der Waals surface area (Å²) in [5.41, 5.74) is 0. The predicted octanol–water partition coefficient (Wildman–Crippen LogP) is 2.66. The first-order valence-electron chi connectivity index (χ1n) is 5.98. The maximum Gasteiger partial charge on any atom is 0.306 e. The SMILES string of the molecule is CC/C=C\CC1C(=O)CCC1C(C)C(=O)O. The zero-order valence-electron chi connectivity index (χ0n) is 9.98. The second-order valence-corrected chi connectivity index (χ2v) is 4.52. The summed E-state index contributed by atoms with van der Waals surface area (Å²) in [6, 6.07) is 0. The molecule has 1 rings (SSSR count). The van der Waals surface area contributed by atoms with Gasteiger partial charge in [-0.15, -0.1) is 0 Å². The molecule has 0 saturated heterocycles. The normalized spacial score (nSPS) is 27.5. The molecule has 1 aliphatic rings. The molecule has 0 aromatic heterocycles. The van der Waals surface area contributed by atoms with E-state index in [0.717, 1.165) is 12.8 Å². The highest BCUT2D eigenvalue weighted by molar-refractivity contribution is 5.84. The van der Waals surface area contributed by atoms with Crippen LogP contribution in [0.15, 0.2) is 12.2 Å². The van der Waals surface area contributed by atoms with Crippen molar-refractivity contribution in [3.05, 3.63) is 12.2 Å². The van der Waals surface area contributed by atoms with Gasteiger partial charge in [0.1, 0.15) is 5.78 Å². The average Bonchev–Trinajstić information content (AvgIpc) is 2.60. The van der Waals surface area contributed by atoms with E-state index in [4.69, 9.17) is 5.11 Å². The maximum absolute atomic E-state index is 11.7. The molecule has 3 nitrogen and oxygen atoms in total. The molecule has 0 radical (unpaired) electrons. The summed E-state index contributed by atoms with van der Waals surface area (Å²) in [6.45, 7) is 3.76. The van der Waals surface area contributed by atoms with Crippen LogP contribution in [-0.4, -0.2) is 16.9 Å². The van der Waals surface area contributed by atoms with Crippen molar-refractivity contribution in [2.75, 3.05) is 0 Å². The van der Waals surface area contributed by atoms with E-state index >= 15 is 0 Å². The number of rotatable bonds is 5. The molecular formula is C13H20O3. The third-order valence-electron chi connectivity index (χ3n) is 3.48. The van der Waals surface area contributed by atoms with Gasteiger partial charge < -0.3 is 5.11 Å². The number of allylic oxidation sites excluding steroid dienone is 2. The summed E-state index contributed by atoms with van der Waals surface area (Å²) >= 11 is 0. The van der Waals surface area contributed by atoms with Crippen LogP contribution in [0.3, 0.4) is 0 Å². The van der Waals surface area contributed by atoms with Gasteiger partial charge in [0.2, 0.25) is 0 Å². The largest absolute Gasteiger partial charge is 0.481 e. The number of carboxylic acids is 1. The van der Waals surface area contributed by atoms with E-state index in [2.05, 4.69) is 0 Å². The van der Waals surface area contributed by atoms with Crippen molar-refractivity contribution in [3.8, 4) is 0 Å². The summed E-state index contributed by atoms with van der Waals surface area (Å²) in [7, 11) is 0. The molecule has 1 saturated carbocycles. The second kappa shape index (κ2) is 5.83. The van der Waals surface area contributed by atoms with E-state index in [-0.39, 0.29) is 17.6 Å². The molecule has 3 atom stereocenters. The lowest BCUT2D eigenvalue weighted by atomic mass is 9.83. The monoisotopic (exact) mass is 224 g/mol. The van der Waals surface area contributed by atoms with E-state index in [0.29, 0.717) is 12.8 Å². The molecule has 0 aliphatic heterocycles. The van der Waals surface area contributed by atoms with Gasteiger partial charge in [-0.05, 0) is 25.2 Å². The highest BCUT2D eigenvalue weighted by Crippen LogP contribution is 2.36. The Morgan fingerprint density at radius 2 is 2.25 bits per heavy atom. The fourth-order valence-corrected chi connectivity index (χ4v) is 2.43. The Bertz CT molecular complexity index is 294. The molecular weight excluding hydrogens is 204 g/mol. The van der Waals surface area contributed by atoms with Crippen LogP contribution in [0, 0.1) is 17.8 Å². The number of aliphatic carboxylic acids is 1. The van der Waals surface area contributed by atoms with Gasteiger partial charge >= 0.3 is 5.97 Å². The van der Waals surface area contributed by atoms with Crippen LogP contribution < -0.4 is 0 Å². The average molecular weight is 224 g/mol. The first-order valence-corrected chi connectivity index (χ1v) is 5.98. The van der Waals surface area contributed by atoms with Crippen LogP contribution in [0.1, 0.15) is 39.5 Å². The molecule has 3 heteroatoms. The molecule has 3 unspecified atom stereocenters. The van der Waals surface area contributed by atoms with Crippen molar-refractivity contribution in [1.29, 1.82) is 0 Å². The number of carbonyl (C=O) groups excluding carboxylic acids is 1. The van der Waals surface area contributed by atoms with E-state index in [9.17, 15) is 9.59 Å². The molecule has 0 aromatic rings. The van der Waals surface area contributed by atoms with Gasteiger partial charge in [0.25, 0.3) is 0 Å². The summed E-state index contributed by atoms with van der Waals surface area (Å²) in [4.78, 5) is 22.6. The molecule has 0 spiro atoms. The Hall–Kier alpha value is -1.12. The number of Topliss-reactive ketones (excluding diaryl/α,β-unsaturated/α-hetero) is 1. The van der Waals surface area contributed by atoms with E-state index < -0.39 is 11.9 Å². The topological polar surface area (TPSA) is 54.4 Å². The highest BCUT2D eigenvalue weighted by atomic mass is 16.4. The van der Waals surface area contributed by atoms with Crippen molar-refractivity contribution in [2.24, 2.45) is 17.8 Å². The Morgan fingerprint density at radius 1 is 1.56 bits per heavy atom. The van der Waals surface area contributed by atoms with Crippen LogP contribution in [0.5, 0.6) is 0 Å². The molecule has 0 heterocycles. The van der Waals surface area contributed by atoms with Crippen molar-refractivity contribution < 1.29 is 14.7 Å². The summed E-state index contributed by atoms with van der Waals surface area (Å²) in [5, 5.41) is 8.99. The fourth-order valence-electron chi connectivity index (χ4n) is 2.43. The van der Waals surface area contributed by atoms with Crippen molar-refractivity contribution in [3.63, 3.8) is 0 Å². The van der Waals surface area contributed by atoms with Gasteiger partial charge in [-0.1, -0.05) is 26.0 Å². The van der Waals surface area contributed by atoms with Crippen LogP contribution in [-0.2, 0) is 9.59 Å². The van der Waals surface area contributed by atoms with Crippen molar-refractivity contribution >= 4 is 11.8 Å². The number of carboxylic acid groups (broad SMARTS) is 1. The first-order chi connectivity index (χ1) is 7.57. The first kappa shape index (κ1) is 12.9. The molecule has 90 valence electrons. The molecule has 1 aliphatic carbocycles. The third-order valence-corrected chi connectivity index (χ3v) is 3.48. The minimum atomic E-state index is -0.788. The van der Waals surface area contributed by atoms with Crippen LogP contribution in [0.4, 0.5) is 0 Å². The molecule has 16 heavy (non-hydrogen) atoms. The maximum atomic E-state index is 11.7. The van der Waals surface area contributed by atoms with Gasteiger partial charge in [-0.2, -0.15) is 0 Å². The van der Waals surface area contributed by atoms with Gasteiger partial charge in [0.05, 0.1) is 5.92 Å². The van der Waals surface area contributed by atoms with E-state index in [1.807, 2.05) is 19.1 Å². The molecule has 0 aromatic carbocycles. The summed E-state index contributed by atoms with van der Waals surface area (Å²) in [5.74, 6) is -1.02. The fraction of sp³-hybridized carbons (Fsp3) is 0.692. The smallest absolute Gasteiger partial charge is 0.306 e. The Kier molecular flexibility index (Phi) is 4.71. The Morgan fingerprint density at radius 3 is 2.81 bits per heavy atom. The molecule has 1 fully saturated rings. The van der Waals surface area contributed by atoms with Gasteiger partial charge in [-0.25, -0.2) is 0 Å². The van der Waals surface area contributed by atoms with E-state index in [1.165, 1.54) is 0 Å². The minimum absolute atomic E-state index is 0.0199. The standard InChI is InChI=1S/C13H20O3/c1-3-4-5-6-11-10(7-8-12(11)14)9(2)13(15)16/h4-5,9-11H,3,6-8H2,1-2H3,(H,15,16)/b5-4-. The van der Waals surface area contributed by atoms with Crippen LogP contribution in [0.2, 0.25) is 0 Å². The Balaban J connectivity index is 2.66. The zero-order chi connectivity index (χ0) is 12.1. The third kappa shape index (κ3) is 2.94. The van der Waals surface area contributed by atoms with Gasteiger partial charge in [0.15, 0.2) is 0 Å². The van der Waals surface area contributed by atoms with Crippen LogP contribution >= 0.6 is 0 Å². The molecule has 1 N–H and O–H groups in total. The van der Waals surface area contributed by atoms with Crippen molar-refractivity contribution in [2.45, 2.75) is 39.5 Å². The summed E-state index contributed by atoms with van der Waals surface area (Å²) in [6.07, 6.45) is 6.99. The number of hydrogen-bond acceptors (Lipinski definition) is 2. The highest BCUT2D eigenvalue weighted by Gasteiger charge is 2.39. The van der Waals surface area contributed by atoms with Crippen molar-refractivity contribution in [1.82, 2.24) is 0 Å².